The normalized spacial score (nSPS) is 27.0. The van der Waals surface area contributed by atoms with E-state index in [4.69, 9.17) is 9.84 Å². The van der Waals surface area contributed by atoms with Crippen LogP contribution < -0.4 is 5.32 Å². The maximum Gasteiger partial charge on any atom is 0.317 e. The first kappa shape index (κ1) is 15.7. The van der Waals surface area contributed by atoms with Gasteiger partial charge in [0.15, 0.2) is 0 Å². The highest BCUT2D eigenvalue weighted by Gasteiger charge is 2.46. The van der Waals surface area contributed by atoms with Gasteiger partial charge < -0.3 is 9.84 Å². The van der Waals surface area contributed by atoms with E-state index in [-0.39, 0.29) is 18.4 Å². The molecule has 0 aliphatic heterocycles. The molecule has 5 nitrogen and oxygen atoms in total. The number of carboxylic acid groups (broad SMARTS) is 1. The molecular weight excluding hydrogens is 246 g/mol. The first-order valence-corrected chi connectivity index (χ1v) is 6.53. The van der Waals surface area contributed by atoms with Crippen molar-refractivity contribution in [2.24, 2.45) is 5.92 Å². The summed E-state index contributed by atoms with van der Waals surface area (Å²) in [6.45, 7) is 9.03. The maximum absolute atomic E-state index is 12.2. The van der Waals surface area contributed by atoms with Crippen LogP contribution in [0.25, 0.3) is 0 Å². The fraction of sp³-hybridized carbons (Fsp3) is 0.714. The number of hydrogen-bond donors (Lipinski definition) is 2. The second-order valence-corrected chi connectivity index (χ2v) is 5.97. The predicted molar refractivity (Wildman–Crippen MR) is 71.8 cm³/mol. The minimum absolute atomic E-state index is 0.189. The van der Waals surface area contributed by atoms with Gasteiger partial charge in [-0.05, 0) is 33.6 Å². The molecule has 108 valence electrons. The van der Waals surface area contributed by atoms with Crippen LogP contribution in [0, 0.1) is 5.92 Å². The molecule has 1 fully saturated rings. The van der Waals surface area contributed by atoms with Crippen molar-refractivity contribution in [3.05, 3.63) is 12.7 Å². The number of nitrogens with one attached hydrogen (secondary N) is 1. The van der Waals surface area contributed by atoms with Crippen LogP contribution in [0.15, 0.2) is 12.7 Å². The number of aliphatic carboxylic acids is 1. The van der Waals surface area contributed by atoms with Crippen molar-refractivity contribution in [3.63, 3.8) is 0 Å². The lowest BCUT2D eigenvalue weighted by Crippen LogP contribution is -2.52. The molecule has 19 heavy (non-hydrogen) atoms. The van der Waals surface area contributed by atoms with E-state index in [2.05, 4.69) is 11.9 Å². The van der Waals surface area contributed by atoms with E-state index < -0.39 is 17.1 Å². The third kappa shape index (κ3) is 4.06. The van der Waals surface area contributed by atoms with Gasteiger partial charge in [-0.15, -0.1) is 6.58 Å². The minimum Gasteiger partial charge on any atom is -0.480 e. The maximum atomic E-state index is 12.2. The van der Waals surface area contributed by atoms with Crippen LogP contribution in [-0.4, -0.2) is 34.7 Å². The quantitative estimate of drug-likeness (QED) is 0.587. The molecule has 0 aromatic carbocycles. The molecular formula is C14H23NO4. The molecule has 0 spiro atoms. The summed E-state index contributed by atoms with van der Waals surface area (Å²) in [7, 11) is 0. The van der Waals surface area contributed by atoms with E-state index in [1.165, 1.54) is 0 Å². The molecule has 1 rings (SSSR count). The highest BCUT2D eigenvalue weighted by molar-refractivity contribution is 5.76. The minimum atomic E-state index is -0.948. The topological polar surface area (TPSA) is 75.6 Å². The molecule has 0 amide bonds. The first-order valence-electron chi connectivity index (χ1n) is 6.53. The first-order chi connectivity index (χ1) is 8.70. The average Bonchev–Trinajstić information content (AvgIpc) is 2.68. The third-order valence-corrected chi connectivity index (χ3v) is 3.33. The molecule has 0 aromatic rings. The Morgan fingerprint density at radius 2 is 2.16 bits per heavy atom. The molecule has 1 aliphatic rings. The van der Waals surface area contributed by atoms with Crippen LogP contribution in [-0.2, 0) is 14.3 Å². The number of ether oxygens (including phenoxy) is 1. The molecule has 0 bridgehead atoms. The SMILES string of the molecule is C=CC1(NCC(=O)O)CCCC1C(=O)OC(C)(C)C. The summed E-state index contributed by atoms with van der Waals surface area (Å²) in [4.78, 5) is 22.9. The van der Waals surface area contributed by atoms with Crippen molar-refractivity contribution in [1.82, 2.24) is 5.32 Å². The Balaban J connectivity index is 2.82. The Kier molecular flexibility index (Phi) is 4.74. The van der Waals surface area contributed by atoms with Crippen molar-refractivity contribution in [1.29, 1.82) is 0 Å². The molecule has 5 heteroatoms. The molecule has 2 unspecified atom stereocenters. The second-order valence-electron chi connectivity index (χ2n) is 5.97. The Labute approximate surface area is 114 Å². The summed E-state index contributed by atoms with van der Waals surface area (Å²) in [5, 5.41) is 11.7. The number of carbonyl (C=O) groups is 2. The second kappa shape index (κ2) is 5.74. The van der Waals surface area contributed by atoms with E-state index >= 15 is 0 Å². The van der Waals surface area contributed by atoms with Gasteiger partial charge in [0, 0.05) is 0 Å². The fourth-order valence-electron chi connectivity index (χ4n) is 2.50. The van der Waals surface area contributed by atoms with Gasteiger partial charge in [-0.1, -0.05) is 12.5 Å². The zero-order valence-electron chi connectivity index (χ0n) is 11.9. The van der Waals surface area contributed by atoms with Crippen LogP contribution in [0.5, 0.6) is 0 Å². The summed E-state index contributed by atoms with van der Waals surface area (Å²) >= 11 is 0. The molecule has 2 atom stereocenters. The number of carbonyl (C=O) groups excluding carboxylic acids is 1. The van der Waals surface area contributed by atoms with Crippen molar-refractivity contribution in [2.45, 2.75) is 51.2 Å². The lowest BCUT2D eigenvalue weighted by atomic mass is 9.86. The largest absolute Gasteiger partial charge is 0.480 e. The lowest BCUT2D eigenvalue weighted by molar-refractivity contribution is -0.162. The number of esters is 1. The van der Waals surface area contributed by atoms with Crippen LogP contribution in [0.1, 0.15) is 40.0 Å². The van der Waals surface area contributed by atoms with E-state index in [1.807, 2.05) is 20.8 Å². The molecule has 1 saturated carbocycles. The number of rotatable bonds is 5. The van der Waals surface area contributed by atoms with Crippen molar-refractivity contribution >= 4 is 11.9 Å². The van der Waals surface area contributed by atoms with Gasteiger partial charge in [0.1, 0.15) is 5.60 Å². The summed E-state index contributed by atoms with van der Waals surface area (Å²) < 4.78 is 5.41. The third-order valence-electron chi connectivity index (χ3n) is 3.33. The standard InChI is InChI=1S/C14H23NO4/c1-5-14(15-9-11(16)17)8-6-7-10(14)12(18)19-13(2,3)4/h5,10,15H,1,6-9H2,2-4H3,(H,16,17). The van der Waals surface area contributed by atoms with Gasteiger partial charge >= 0.3 is 11.9 Å². The summed E-state index contributed by atoms with van der Waals surface area (Å²) in [6, 6.07) is 0. The van der Waals surface area contributed by atoms with Crippen molar-refractivity contribution in [3.8, 4) is 0 Å². The smallest absolute Gasteiger partial charge is 0.317 e. The zero-order valence-corrected chi connectivity index (χ0v) is 11.9. The monoisotopic (exact) mass is 269 g/mol. The summed E-state index contributed by atoms with van der Waals surface area (Å²) in [6.07, 6.45) is 3.89. The predicted octanol–water partition coefficient (Wildman–Crippen LogP) is 1.73. The Hall–Kier alpha value is -1.36. The Morgan fingerprint density at radius 3 is 2.63 bits per heavy atom. The lowest BCUT2D eigenvalue weighted by Gasteiger charge is -2.33. The van der Waals surface area contributed by atoms with Gasteiger partial charge in [-0.3, -0.25) is 14.9 Å². The van der Waals surface area contributed by atoms with E-state index in [0.29, 0.717) is 12.8 Å². The average molecular weight is 269 g/mol. The van der Waals surface area contributed by atoms with E-state index in [1.54, 1.807) is 6.08 Å². The van der Waals surface area contributed by atoms with Gasteiger partial charge in [-0.2, -0.15) is 0 Å². The van der Waals surface area contributed by atoms with Gasteiger partial charge in [0.25, 0.3) is 0 Å². The van der Waals surface area contributed by atoms with Gasteiger partial charge in [-0.25, -0.2) is 0 Å². The Morgan fingerprint density at radius 1 is 1.53 bits per heavy atom. The van der Waals surface area contributed by atoms with Crippen LogP contribution in [0.3, 0.4) is 0 Å². The van der Waals surface area contributed by atoms with Crippen LogP contribution >= 0.6 is 0 Å². The van der Waals surface area contributed by atoms with Gasteiger partial charge in [0.05, 0.1) is 18.0 Å². The molecule has 0 saturated heterocycles. The molecule has 0 radical (unpaired) electrons. The van der Waals surface area contributed by atoms with Gasteiger partial charge in [0.2, 0.25) is 0 Å². The van der Waals surface area contributed by atoms with E-state index in [0.717, 1.165) is 6.42 Å². The van der Waals surface area contributed by atoms with Crippen LogP contribution in [0.2, 0.25) is 0 Å². The number of carboxylic acids is 1. The zero-order chi connectivity index (χ0) is 14.7. The Bertz CT molecular complexity index is 372. The molecule has 0 aromatic heterocycles. The molecule has 2 N–H and O–H groups in total. The molecule has 0 heterocycles. The molecule has 1 aliphatic carbocycles. The highest BCUT2D eigenvalue weighted by Crippen LogP contribution is 2.38. The summed E-state index contributed by atoms with van der Waals surface area (Å²) in [5.41, 5.74) is -1.21. The summed E-state index contributed by atoms with van der Waals surface area (Å²) in [5.74, 6) is -1.61. The van der Waals surface area contributed by atoms with E-state index in [9.17, 15) is 9.59 Å². The fourth-order valence-corrected chi connectivity index (χ4v) is 2.50. The highest BCUT2D eigenvalue weighted by atomic mass is 16.6. The van der Waals surface area contributed by atoms with Crippen LogP contribution in [0.4, 0.5) is 0 Å². The van der Waals surface area contributed by atoms with Crippen molar-refractivity contribution < 1.29 is 19.4 Å². The van der Waals surface area contributed by atoms with Crippen molar-refractivity contribution in [2.75, 3.05) is 6.54 Å². The number of hydrogen-bond acceptors (Lipinski definition) is 4.